The van der Waals surface area contributed by atoms with E-state index in [9.17, 15) is 0 Å². The summed E-state index contributed by atoms with van der Waals surface area (Å²) in [5.41, 5.74) is 0.115. The fourth-order valence-corrected chi connectivity index (χ4v) is 1.75. The zero-order chi connectivity index (χ0) is 12.4. The maximum Gasteiger partial charge on any atom is 0.177 e. The molecule has 0 aliphatic rings. The van der Waals surface area contributed by atoms with Gasteiger partial charge < -0.3 is 0 Å². The predicted octanol–water partition coefficient (Wildman–Crippen LogP) is 2.32. The van der Waals surface area contributed by atoms with E-state index in [2.05, 4.69) is 9.97 Å². The molecule has 0 radical (unpaired) electrons. The van der Waals surface area contributed by atoms with E-state index in [1.165, 1.54) is 23.2 Å². The SMILES string of the molecule is N#Cc1ncn(-c2ncc(Cl)cc2Cl)c1C#N. The summed E-state index contributed by atoms with van der Waals surface area (Å²) in [4.78, 5) is 7.80. The Labute approximate surface area is 106 Å². The van der Waals surface area contributed by atoms with Crippen molar-refractivity contribution < 1.29 is 0 Å². The number of hydrogen-bond acceptors (Lipinski definition) is 4. The lowest BCUT2D eigenvalue weighted by atomic mass is 10.3. The Morgan fingerprint density at radius 1 is 1.18 bits per heavy atom. The van der Waals surface area contributed by atoms with Crippen molar-refractivity contribution >= 4 is 23.2 Å². The molecule has 0 unspecified atom stereocenters. The second-order valence-electron chi connectivity index (χ2n) is 2.99. The molecule has 0 N–H and O–H groups in total. The van der Waals surface area contributed by atoms with Crippen molar-refractivity contribution in [1.29, 1.82) is 10.5 Å². The van der Waals surface area contributed by atoms with Crippen molar-refractivity contribution in [3.63, 3.8) is 0 Å². The van der Waals surface area contributed by atoms with E-state index in [0.717, 1.165) is 0 Å². The first-order valence-electron chi connectivity index (χ1n) is 4.36. The molecule has 0 fully saturated rings. The van der Waals surface area contributed by atoms with Crippen molar-refractivity contribution in [1.82, 2.24) is 14.5 Å². The summed E-state index contributed by atoms with van der Waals surface area (Å²) in [6.07, 6.45) is 2.72. The number of aromatic nitrogens is 3. The Balaban J connectivity index is 2.66. The highest BCUT2D eigenvalue weighted by atomic mass is 35.5. The van der Waals surface area contributed by atoms with Crippen LogP contribution < -0.4 is 0 Å². The summed E-state index contributed by atoms with van der Waals surface area (Å²) in [6, 6.07) is 5.20. The molecule has 17 heavy (non-hydrogen) atoms. The summed E-state index contributed by atoms with van der Waals surface area (Å²) in [6.45, 7) is 0. The number of imidazole rings is 1. The molecule has 0 spiro atoms. The Morgan fingerprint density at radius 3 is 2.53 bits per heavy atom. The van der Waals surface area contributed by atoms with Crippen molar-refractivity contribution in [2.45, 2.75) is 0 Å². The number of halogens is 2. The van der Waals surface area contributed by atoms with Crippen LogP contribution in [0.25, 0.3) is 5.82 Å². The number of nitrogens with zero attached hydrogens (tertiary/aromatic N) is 5. The zero-order valence-electron chi connectivity index (χ0n) is 8.22. The van der Waals surface area contributed by atoms with Gasteiger partial charge in [0.25, 0.3) is 0 Å². The fourth-order valence-electron chi connectivity index (χ4n) is 1.28. The van der Waals surface area contributed by atoms with Crippen LogP contribution in [-0.2, 0) is 0 Å². The number of hydrogen-bond donors (Lipinski definition) is 0. The van der Waals surface area contributed by atoms with Crippen LogP contribution in [-0.4, -0.2) is 14.5 Å². The quantitative estimate of drug-likeness (QED) is 0.791. The van der Waals surface area contributed by atoms with E-state index >= 15 is 0 Å². The first kappa shape index (κ1) is 11.4. The van der Waals surface area contributed by atoms with E-state index in [1.54, 1.807) is 0 Å². The van der Waals surface area contributed by atoms with Crippen LogP contribution in [0.4, 0.5) is 0 Å². The smallest absolute Gasteiger partial charge is 0.177 e. The fraction of sp³-hybridized carbons (Fsp3) is 0. The lowest BCUT2D eigenvalue weighted by Gasteiger charge is -2.04. The number of pyridine rings is 1. The maximum atomic E-state index is 8.97. The second kappa shape index (κ2) is 4.42. The summed E-state index contributed by atoms with van der Waals surface area (Å²) in [7, 11) is 0. The Hall–Kier alpha value is -2.08. The lowest BCUT2D eigenvalue weighted by Crippen LogP contribution is -2.00. The highest BCUT2D eigenvalue weighted by Gasteiger charge is 2.14. The molecule has 2 aromatic rings. The normalized spacial score (nSPS) is 9.65. The molecule has 0 aromatic carbocycles. The van der Waals surface area contributed by atoms with Crippen molar-refractivity contribution in [2.75, 3.05) is 0 Å². The minimum atomic E-state index is 0.0281. The van der Waals surface area contributed by atoms with Crippen LogP contribution in [0, 0.1) is 22.7 Å². The third-order valence-electron chi connectivity index (χ3n) is 2.00. The van der Waals surface area contributed by atoms with E-state index in [-0.39, 0.29) is 16.4 Å². The predicted molar refractivity (Wildman–Crippen MR) is 60.8 cm³/mol. The third kappa shape index (κ3) is 1.94. The van der Waals surface area contributed by atoms with Gasteiger partial charge in [-0.25, -0.2) is 9.97 Å². The van der Waals surface area contributed by atoms with E-state index < -0.39 is 0 Å². The average molecular weight is 264 g/mol. The molecule has 2 rings (SSSR count). The maximum absolute atomic E-state index is 8.97. The van der Waals surface area contributed by atoms with E-state index in [1.807, 2.05) is 12.1 Å². The van der Waals surface area contributed by atoms with Crippen LogP contribution in [0.1, 0.15) is 11.4 Å². The standard InChI is InChI=1S/C10H3Cl2N5/c11-6-1-7(12)10(15-4-6)17-5-16-8(2-13)9(17)3-14/h1,4-5H. The summed E-state index contributed by atoms with van der Waals surface area (Å²) in [5, 5.41) is 18.4. The molecule has 0 aliphatic heterocycles. The van der Waals surface area contributed by atoms with Crippen LogP contribution in [0.15, 0.2) is 18.6 Å². The van der Waals surface area contributed by atoms with Gasteiger partial charge in [0.05, 0.1) is 10.0 Å². The van der Waals surface area contributed by atoms with Gasteiger partial charge in [-0.05, 0) is 6.07 Å². The highest BCUT2D eigenvalue weighted by molar-refractivity contribution is 6.35. The van der Waals surface area contributed by atoms with Crippen molar-refractivity contribution in [3.8, 4) is 18.0 Å². The van der Waals surface area contributed by atoms with Crippen LogP contribution in [0.3, 0.4) is 0 Å². The van der Waals surface area contributed by atoms with Gasteiger partial charge in [0.1, 0.15) is 18.5 Å². The largest absolute Gasteiger partial charge is 0.272 e. The molecule has 0 atom stereocenters. The molecule has 0 saturated heterocycles. The van der Waals surface area contributed by atoms with Gasteiger partial charge in [-0.3, -0.25) is 4.57 Å². The van der Waals surface area contributed by atoms with Crippen LogP contribution in [0.2, 0.25) is 10.0 Å². The second-order valence-corrected chi connectivity index (χ2v) is 3.84. The van der Waals surface area contributed by atoms with Gasteiger partial charge in [0, 0.05) is 6.20 Å². The molecule has 5 nitrogen and oxygen atoms in total. The number of nitriles is 2. The monoisotopic (exact) mass is 263 g/mol. The average Bonchev–Trinajstić information content (AvgIpc) is 2.71. The molecule has 0 bridgehead atoms. The molecule has 0 saturated carbocycles. The lowest BCUT2D eigenvalue weighted by molar-refractivity contribution is 0.976. The van der Waals surface area contributed by atoms with Gasteiger partial charge in [-0.2, -0.15) is 10.5 Å². The molecule has 0 aliphatic carbocycles. The first-order valence-corrected chi connectivity index (χ1v) is 5.12. The highest BCUT2D eigenvalue weighted by Crippen LogP contribution is 2.23. The topological polar surface area (TPSA) is 78.3 Å². The van der Waals surface area contributed by atoms with Gasteiger partial charge in [0.2, 0.25) is 0 Å². The Bertz CT molecular complexity index is 662. The van der Waals surface area contributed by atoms with Crippen LogP contribution in [0.5, 0.6) is 0 Å². The summed E-state index contributed by atoms with van der Waals surface area (Å²) < 4.78 is 1.34. The molecule has 2 heterocycles. The van der Waals surface area contributed by atoms with Gasteiger partial charge in [-0.15, -0.1) is 0 Å². The van der Waals surface area contributed by atoms with Gasteiger partial charge >= 0.3 is 0 Å². The van der Waals surface area contributed by atoms with E-state index in [4.69, 9.17) is 33.7 Å². The van der Waals surface area contributed by atoms with Crippen molar-refractivity contribution in [2.24, 2.45) is 0 Å². The van der Waals surface area contributed by atoms with Crippen LogP contribution >= 0.6 is 23.2 Å². The molecule has 7 heteroatoms. The molecular weight excluding hydrogens is 261 g/mol. The summed E-state index contributed by atoms with van der Waals surface area (Å²) >= 11 is 11.7. The molecular formula is C10H3Cl2N5. The molecule has 2 aromatic heterocycles. The first-order chi connectivity index (χ1) is 8.17. The van der Waals surface area contributed by atoms with Gasteiger partial charge in [-0.1, -0.05) is 23.2 Å². The summed E-state index contributed by atoms with van der Waals surface area (Å²) in [5.74, 6) is 0.307. The Kier molecular flexibility index (Phi) is 2.97. The Morgan fingerprint density at radius 2 is 1.94 bits per heavy atom. The minimum absolute atomic E-state index is 0.0281. The zero-order valence-corrected chi connectivity index (χ0v) is 9.74. The number of rotatable bonds is 1. The molecule has 82 valence electrons. The van der Waals surface area contributed by atoms with Crippen molar-refractivity contribution in [3.05, 3.63) is 40.0 Å². The minimum Gasteiger partial charge on any atom is -0.272 e. The molecule has 0 amide bonds. The third-order valence-corrected chi connectivity index (χ3v) is 2.48. The van der Waals surface area contributed by atoms with Gasteiger partial charge in [0.15, 0.2) is 17.2 Å². The van der Waals surface area contributed by atoms with E-state index in [0.29, 0.717) is 10.8 Å².